The van der Waals surface area contributed by atoms with E-state index in [1.54, 1.807) is 18.4 Å². The molecule has 1 aromatic heterocycles. The predicted octanol–water partition coefficient (Wildman–Crippen LogP) is 3.22. The Balaban J connectivity index is 2.03. The maximum absolute atomic E-state index is 5.17. The molecule has 1 N–H and O–H groups in total. The van der Waals surface area contributed by atoms with Crippen LogP contribution in [0.3, 0.4) is 0 Å². The van der Waals surface area contributed by atoms with Crippen LogP contribution in [0.5, 0.6) is 5.75 Å². The maximum atomic E-state index is 5.17. The van der Waals surface area contributed by atoms with Crippen molar-refractivity contribution in [3.8, 4) is 5.75 Å². The summed E-state index contributed by atoms with van der Waals surface area (Å²) in [4.78, 5) is 4.43. The number of rotatable bonds is 6. The highest BCUT2D eigenvalue weighted by molar-refractivity contribution is 7.09. The molecule has 1 heterocycles. The highest BCUT2D eigenvalue weighted by Crippen LogP contribution is 2.27. The minimum absolute atomic E-state index is 0.0614. The Morgan fingerprint density at radius 2 is 2.05 bits per heavy atom. The molecule has 2 rings (SSSR count). The second-order valence-electron chi connectivity index (χ2n) is 4.77. The van der Waals surface area contributed by atoms with Crippen molar-refractivity contribution in [1.29, 1.82) is 0 Å². The molecule has 19 heavy (non-hydrogen) atoms. The molecule has 0 aliphatic heterocycles. The first kappa shape index (κ1) is 14.0. The molecule has 0 fully saturated rings. The van der Waals surface area contributed by atoms with E-state index in [1.165, 1.54) is 5.56 Å². The average Bonchev–Trinajstić information content (AvgIpc) is 3.00. The van der Waals surface area contributed by atoms with Crippen molar-refractivity contribution < 1.29 is 4.74 Å². The van der Waals surface area contributed by atoms with Gasteiger partial charge in [-0.2, -0.15) is 0 Å². The van der Waals surface area contributed by atoms with Gasteiger partial charge in [0.05, 0.1) is 12.6 Å². The number of thiazole rings is 1. The summed E-state index contributed by atoms with van der Waals surface area (Å²) in [5.41, 5.74) is 1.26. The number of hydrogen-bond donors (Lipinski definition) is 1. The van der Waals surface area contributed by atoms with Crippen LogP contribution in [0.1, 0.15) is 23.9 Å². The smallest absolute Gasteiger partial charge is 0.118 e. The SMILES string of the molecule is CNC(C)(CCc1ccc(OC)cc1)c1nccs1. The van der Waals surface area contributed by atoms with Crippen LogP contribution in [0.2, 0.25) is 0 Å². The van der Waals surface area contributed by atoms with Gasteiger partial charge in [0, 0.05) is 11.6 Å². The van der Waals surface area contributed by atoms with Gasteiger partial charge in [-0.05, 0) is 44.5 Å². The molecule has 3 nitrogen and oxygen atoms in total. The largest absolute Gasteiger partial charge is 0.497 e. The van der Waals surface area contributed by atoms with E-state index in [2.05, 4.69) is 29.4 Å². The third-order valence-corrected chi connectivity index (χ3v) is 4.57. The number of aromatic nitrogens is 1. The monoisotopic (exact) mass is 276 g/mol. The average molecular weight is 276 g/mol. The van der Waals surface area contributed by atoms with Gasteiger partial charge >= 0.3 is 0 Å². The van der Waals surface area contributed by atoms with Gasteiger partial charge in [0.2, 0.25) is 0 Å². The fourth-order valence-electron chi connectivity index (χ4n) is 2.02. The van der Waals surface area contributed by atoms with Crippen molar-refractivity contribution in [2.24, 2.45) is 0 Å². The van der Waals surface area contributed by atoms with E-state index in [0.29, 0.717) is 0 Å². The Bertz CT molecular complexity index is 495. The Labute approximate surface area is 118 Å². The molecule has 0 radical (unpaired) electrons. The van der Waals surface area contributed by atoms with E-state index in [0.717, 1.165) is 23.6 Å². The van der Waals surface area contributed by atoms with Gasteiger partial charge < -0.3 is 10.1 Å². The molecule has 0 saturated heterocycles. The minimum Gasteiger partial charge on any atom is -0.497 e. The number of aryl methyl sites for hydroxylation is 1. The van der Waals surface area contributed by atoms with Crippen molar-refractivity contribution in [3.63, 3.8) is 0 Å². The van der Waals surface area contributed by atoms with Gasteiger partial charge in [-0.25, -0.2) is 4.98 Å². The molecule has 4 heteroatoms. The van der Waals surface area contributed by atoms with Crippen molar-refractivity contribution in [2.75, 3.05) is 14.2 Å². The van der Waals surface area contributed by atoms with Crippen LogP contribution in [0.25, 0.3) is 0 Å². The van der Waals surface area contributed by atoms with E-state index in [-0.39, 0.29) is 5.54 Å². The first-order valence-corrected chi connectivity index (χ1v) is 7.28. The Morgan fingerprint density at radius 1 is 1.32 bits per heavy atom. The quantitative estimate of drug-likeness (QED) is 0.879. The van der Waals surface area contributed by atoms with Crippen molar-refractivity contribution in [2.45, 2.75) is 25.3 Å². The number of nitrogens with zero attached hydrogens (tertiary/aromatic N) is 1. The van der Waals surface area contributed by atoms with Crippen LogP contribution >= 0.6 is 11.3 Å². The Morgan fingerprint density at radius 3 is 2.58 bits per heavy atom. The first-order chi connectivity index (χ1) is 9.18. The molecule has 0 aliphatic carbocycles. The molecule has 102 valence electrons. The summed E-state index contributed by atoms with van der Waals surface area (Å²) in [7, 11) is 3.69. The van der Waals surface area contributed by atoms with E-state index < -0.39 is 0 Å². The van der Waals surface area contributed by atoms with Crippen LogP contribution in [0.15, 0.2) is 35.8 Å². The zero-order chi connectivity index (χ0) is 13.7. The lowest BCUT2D eigenvalue weighted by Gasteiger charge is -2.27. The maximum Gasteiger partial charge on any atom is 0.118 e. The molecule has 2 aromatic rings. The van der Waals surface area contributed by atoms with Crippen LogP contribution in [-0.4, -0.2) is 19.1 Å². The second-order valence-corrected chi connectivity index (χ2v) is 5.66. The molecule has 1 atom stereocenters. The van der Waals surface area contributed by atoms with E-state index >= 15 is 0 Å². The van der Waals surface area contributed by atoms with Gasteiger partial charge in [-0.15, -0.1) is 11.3 Å². The fourth-order valence-corrected chi connectivity index (χ4v) is 2.86. The number of benzene rings is 1. The molecule has 0 aliphatic rings. The van der Waals surface area contributed by atoms with Crippen LogP contribution in [0.4, 0.5) is 0 Å². The Kier molecular flexibility index (Phi) is 4.56. The highest BCUT2D eigenvalue weighted by Gasteiger charge is 2.26. The van der Waals surface area contributed by atoms with Crippen molar-refractivity contribution in [3.05, 3.63) is 46.4 Å². The molecule has 1 unspecified atom stereocenters. The summed E-state index contributed by atoms with van der Waals surface area (Å²) in [6, 6.07) is 8.26. The number of hydrogen-bond acceptors (Lipinski definition) is 4. The number of ether oxygens (including phenoxy) is 1. The first-order valence-electron chi connectivity index (χ1n) is 6.40. The van der Waals surface area contributed by atoms with Crippen LogP contribution in [-0.2, 0) is 12.0 Å². The molecular formula is C15H20N2OS. The summed E-state index contributed by atoms with van der Waals surface area (Å²) in [5, 5.41) is 6.57. The van der Waals surface area contributed by atoms with E-state index in [4.69, 9.17) is 4.74 Å². The normalized spacial score (nSPS) is 14.1. The summed E-state index contributed by atoms with van der Waals surface area (Å²) >= 11 is 1.70. The van der Waals surface area contributed by atoms with E-state index in [1.807, 2.05) is 30.8 Å². The lowest BCUT2D eigenvalue weighted by Crippen LogP contribution is -2.37. The van der Waals surface area contributed by atoms with E-state index in [9.17, 15) is 0 Å². The van der Waals surface area contributed by atoms with Crippen molar-refractivity contribution >= 4 is 11.3 Å². The number of nitrogens with one attached hydrogen (secondary N) is 1. The molecule has 0 spiro atoms. The number of methoxy groups -OCH3 is 1. The van der Waals surface area contributed by atoms with Gasteiger partial charge in [0.25, 0.3) is 0 Å². The molecular weight excluding hydrogens is 256 g/mol. The van der Waals surface area contributed by atoms with Gasteiger partial charge in [-0.3, -0.25) is 0 Å². The molecule has 0 amide bonds. The zero-order valence-electron chi connectivity index (χ0n) is 11.6. The standard InChI is InChI=1S/C15H20N2OS/c1-15(16-2,14-17-10-11-19-14)9-8-12-4-6-13(18-3)7-5-12/h4-7,10-11,16H,8-9H2,1-3H3. The third kappa shape index (κ3) is 3.33. The molecule has 1 aromatic carbocycles. The lowest BCUT2D eigenvalue weighted by atomic mass is 9.94. The molecule has 0 saturated carbocycles. The minimum atomic E-state index is -0.0614. The molecule has 0 bridgehead atoms. The topological polar surface area (TPSA) is 34.1 Å². The van der Waals surface area contributed by atoms with Gasteiger partial charge in [0.15, 0.2) is 0 Å². The van der Waals surface area contributed by atoms with Crippen LogP contribution in [0, 0.1) is 0 Å². The second kappa shape index (κ2) is 6.17. The fraction of sp³-hybridized carbons (Fsp3) is 0.400. The lowest BCUT2D eigenvalue weighted by molar-refractivity contribution is 0.367. The summed E-state index contributed by atoms with van der Waals surface area (Å²) in [6.07, 6.45) is 3.90. The summed E-state index contributed by atoms with van der Waals surface area (Å²) < 4.78 is 5.17. The predicted molar refractivity (Wildman–Crippen MR) is 79.8 cm³/mol. The van der Waals surface area contributed by atoms with Gasteiger partial charge in [-0.1, -0.05) is 12.1 Å². The summed E-state index contributed by atoms with van der Waals surface area (Å²) in [5.74, 6) is 0.903. The third-order valence-electron chi connectivity index (χ3n) is 3.53. The Hall–Kier alpha value is -1.39. The van der Waals surface area contributed by atoms with Gasteiger partial charge in [0.1, 0.15) is 10.8 Å². The zero-order valence-corrected chi connectivity index (χ0v) is 12.5. The summed E-state index contributed by atoms with van der Waals surface area (Å²) in [6.45, 7) is 2.20. The van der Waals surface area contributed by atoms with Crippen LogP contribution < -0.4 is 10.1 Å². The highest BCUT2D eigenvalue weighted by atomic mass is 32.1. The van der Waals surface area contributed by atoms with Crippen molar-refractivity contribution in [1.82, 2.24) is 10.3 Å².